The van der Waals surface area contributed by atoms with Gasteiger partial charge in [0.05, 0.1) is 48.8 Å². The smallest absolute Gasteiger partial charge is 0.264 e. The highest BCUT2D eigenvalue weighted by molar-refractivity contribution is 7.92. The lowest BCUT2D eigenvalue weighted by Gasteiger charge is -2.51. The summed E-state index contributed by atoms with van der Waals surface area (Å²) in [5.74, 6) is 0.918. The number of anilines is 1. The molecule has 0 radical (unpaired) electrons. The van der Waals surface area contributed by atoms with Crippen LogP contribution in [0.3, 0.4) is 0 Å². The Bertz CT molecular complexity index is 2100. The molecule has 232 valence electrons. The molecule has 3 heterocycles. The summed E-state index contributed by atoms with van der Waals surface area (Å²) in [7, 11) is -0.981. The Morgan fingerprint density at radius 3 is 2.30 bits per heavy atom. The molecule has 0 fully saturated rings. The van der Waals surface area contributed by atoms with Crippen molar-refractivity contribution in [3.8, 4) is 29.1 Å². The molecule has 9 nitrogen and oxygen atoms in total. The number of hydrogen-bond acceptors (Lipinski definition) is 7. The fourth-order valence-electron chi connectivity index (χ4n) is 6.81. The molecular weight excluding hydrogens is 600 g/mol. The van der Waals surface area contributed by atoms with E-state index in [-0.39, 0.29) is 11.4 Å². The highest BCUT2D eigenvalue weighted by atomic mass is 32.2. The quantitative estimate of drug-likeness (QED) is 0.211. The van der Waals surface area contributed by atoms with E-state index in [0.717, 1.165) is 16.8 Å². The number of nitriles is 1. The van der Waals surface area contributed by atoms with E-state index in [1.54, 1.807) is 61.4 Å². The van der Waals surface area contributed by atoms with E-state index in [1.807, 2.05) is 68.4 Å². The number of ether oxygens (including phenoxy) is 3. The van der Waals surface area contributed by atoms with Gasteiger partial charge in [0.25, 0.3) is 10.0 Å². The Labute approximate surface area is 268 Å². The van der Waals surface area contributed by atoms with Crippen LogP contribution < -0.4 is 18.5 Å². The second-order valence-electron chi connectivity index (χ2n) is 11.6. The molecule has 2 aliphatic rings. The third kappa shape index (κ3) is 4.34. The van der Waals surface area contributed by atoms with E-state index in [2.05, 4.69) is 6.07 Å². The Hall–Kier alpha value is -5.27. The Morgan fingerprint density at radius 2 is 1.61 bits per heavy atom. The third-order valence-electron chi connectivity index (χ3n) is 9.01. The van der Waals surface area contributed by atoms with E-state index in [1.165, 1.54) is 4.31 Å². The van der Waals surface area contributed by atoms with Crippen molar-refractivity contribution in [2.75, 3.05) is 25.1 Å². The molecule has 1 aromatic heterocycles. The van der Waals surface area contributed by atoms with Crippen molar-refractivity contribution in [2.45, 2.75) is 30.8 Å². The maximum atomic E-state index is 14.4. The number of benzene rings is 4. The molecule has 46 heavy (non-hydrogen) atoms. The van der Waals surface area contributed by atoms with Crippen molar-refractivity contribution in [3.63, 3.8) is 0 Å². The lowest BCUT2D eigenvalue weighted by Crippen LogP contribution is -2.54. The van der Waals surface area contributed by atoms with Gasteiger partial charge in [-0.2, -0.15) is 10.4 Å². The Balaban J connectivity index is 1.52. The van der Waals surface area contributed by atoms with Crippen LogP contribution in [0.5, 0.6) is 17.4 Å². The zero-order valence-electron chi connectivity index (χ0n) is 25.8. The number of aryl methyl sites for hydroxylation is 2. The normalized spacial score (nSPS) is 20.0. The summed E-state index contributed by atoms with van der Waals surface area (Å²) >= 11 is 0. The molecule has 2 aliphatic heterocycles. The third-order valence-corrected chi connectivity index (χ3v) is 10.8. The summed E-state index contributed by atoms with van der Waals surface area (Å²) in [5.41, 5.74) is 3.64. The molecule has 0 N–H and O–H groups in total. The average molecular weight is 633 g/mol. The summed E-state index contributed by atoms with van der Waals surface area (Å²) in [6.07, 6.45) is -0.919. The summed E-state index contributed by atoms with van der Waals surface area (Å²) in [6.45, 7) is 3.65. The van der Waals surface area contributed by atoms with E-state index >= 15 is 0 Å². The molecule has 3 atom stereocenters. The van der Waals surface area contributed by atoms with Gasteiger partial charge in [-0.15, -0.1) is 0 Å². The van der Waals surface area contributed by atoms with Gasteiger partial charge in [0.15, 0.2) is 11.5 Å². The highest BCUT2D eigenvalue weighted by Gasteiger charge is 2.60. The van der Waals surface area contributed by atoms with Crippen molar-refractivity contribution < 1.29 is 22.6 Å². The van der Waals surface area contributed by atoms with Crippen molar-refractivity contribution in [1.82, 2.24) is 9.78 Å². The lowest BCUT2D eigenvalue weighted by molar-refractivity contribution is 0.0483. The maximum Gasteiger partial charge on any atom is 0.264 e. The molecule has 0 saturated heterocycles. The molecule has 0 aliphatic carbocycles. The van der Waals surface area contributed by atoms with Gasteiger partial charge in [-0.25, -0.2) is 13.1 Å². The number of fused-ring (bicyclic) bond motifs is 5. The van der Waals surface area contributed by atoms with Gasteiger partial charge in [-0.05, 0) is 67.4 Å². The number of aromatic nitrogens is 2. The van der Waals surface area contributed by atoms with Crippen LogP contribution in [0.2, 0.25) is 0 Å². The van der Waals surface area contributed by atoms with E-state index in [9.17, 15) is 13.7 Å². The number of nitrogens with zero attached hydrogens (tertiary/aromatic N) is 4. The Morgan fingerprint density at radius 1 is 0.913 bits per heavy atom. The van der Waals surface area contributed by atoms with Crippen molar-refractivity contribution in [1.29, 1.82) is 5.26 Å². The zero-order valence-corrected chi connectivity index (χ0v) is 26.7. The van der Waals surface area contributed by atoms with Gasteiger partial charge in [0.2, 0.25) is 5.88 Å². The van der Waals surface area contributed by atoms with Gasteiger partial charge >= 0.3 is 0 Å². The minimum atomic E-state index is -4.08. The fourth-order valence-corrected chi connectivity index (χ4v) is 8.36. The lowest BCUT2D eigenvalue weighted by atomic mass is 9.61. The first-order valence-electron chi connectivity index (χ1n) is 14.9. The van der Waals surface area contributed by atoms with Gasteiger partial charge in [-0.1, -0.05) is 60.2 Å². The van der Waals surface area contributed by atoms with Crippen LogP contribution in [0.1, 0.15) is 40.0 Å². The number of rotatable bonds is 6. The molecule has 0 amide bonds. The van der Waals surface area contributed by atoms with E-state index < -0.39 is 27.5 Å². The molecular formula is C36H32N4O5S. The summed E-state index contributed by atoms with van der Waals surface area (Å²) in [4.78, 5) is 0.146. The number of para-hydroxylation sites is 2. The van der Waals surface area contributed by atoms with E-state index in [0.29, 0.717) is 39.9 Å². The van der Waals surface area contributed by atoms with Crippen LogP contribution in [-0.4, -0.2) is 39.0 Å². The largest absolute Gasteiger partial charge is 0.493 e. The van der Waals surface area contributed by atoms with Crippen LogP contribution in [-0.2, 0) is 10.0 Å². The maximum absolute atomic E-state index is 14.4. The molecule has 0 bridgehead atoms. The first-order valence-corrected chi connectivity index (χ1v) is 16.3. The number of methoxy groups -OCH3 is 2. The first-order chi connectivity index (χ1) is 22.2. The first kappa shape index (κ1) is 29.4. The van der Waals surface area contributed by atoms with Crippen LogP contribution in [0.15, 0.2) is 102 Å². The standard InChI is InChI=1S/C36H32N4O5S/c1-23-14-17-27(18-15-23)46(41,42)39-22-36(21-37)33(28-12-8-9-13-29(28)39)32-24(2)38-40(26-10-6-5-7-11-26)35(32)45-34(36)25-16-19-30(43-3)31(20-25)44-4/h5-20,33-34H,22H2,1-4H3/t33-,34+,36-/m1/s1. The summed E-state index contributed by atoms with van der Waals surface area (Å²) in [5, 5.41) is 16.3. The number of sulfonamides is 1. The van der Waals surface area contributed by atoms with Crippen molar-refractivity contribution in [3.05, 3.63) is 125 Å². The average Bonchev–Trinajstić information content (AvgIpc) is 3.42. The summed E-state index contributed by atoms with van der Waals surface area (Å²) < 4.78 is 50.1. The minimum absolute atomic E-state index is 0.146. The second kappa shape index (κ2) is 11.0. The van der Waals surface area contributed by atoms with Crippen LogP contribution >= 0.6 is 0 Å². The monoisotopic (exact) mass is 632 g/mol. The van der Waals surface area contributed by atoms with E-state index in [4.69, 9.17) is 19.3 Å². The highest BCUT2D eigenvalue weighted by Crippen LogP contribution is 2.62. The van der Waals surface area contributed by atoms with Gasteiger partial charge < -0.3 is 14.2 Å². The summed E-state index contributed by atoms with van der Waals surface area (Å²) in [6, 6.07) is 31.8. The SMILES string of the molecule is COc1ccc([C@@H]2Oc3c(c(C)nn3-c3ccccc3)[C@H]3c4ccccc4N(S(=O)(=O)c4ccc(C)cc4)C[C@]32C#N)cc1OC. The fraction of sp³-hybridized carbons (Fsp3) is 0.222. The molecule has 5 aromatic rings. The van der Waals surface area contributed by atoms with Crippen molar-refractivity contribution in [2.24, 2.45) is 5.41 Å². The molecule has 4 aromatic carbocycles. The van der Waals surface area contributed by atoms with Crippen LogP contribution in [0.4, 0.5) is 5.69 Å². The minimum Gasteiger partial charge on any atom is -0.493 e. The van der Waals surface area contributed by atoms with Gasteiger partial charge in [0, 0.05) is 11.5 Å². The molecule has 0 unspecified atom stereocenters. The molecule has 7 rings (SSSR count). The van der Waals surface area contributed by atoms with Crippen LogP contribution in [0, 0.1) is 30.6 Å². The predicted molar refractivity (Wildman–Crippen MR) is 173 cm³/mol. The van der Waals surface area contributed by atoms with Crippen molar-refractivity contribution >= 4 is 15.7 Å². The van der Waals surface area contributed by atoms with Gasteiger partial charge in [-0.3, -0.25) is 4.31 Å². The molecule has 10 heteroatoms. The molecule has 0 saturated carbocycles. The zero-order chi connectivity index (χ0) is 32.2. The predicted octanol–water partition coefficient (Wildman–Crippen LogP) is 6.49. The Kier molecular flexibility index (Phi) is 7.02. The second-order valence-corrected chi connectivity index (χ2v) is 13.5. The topological polar surface area (TPSA) is 107 Å². The van der Waals surface area contributed by atoms with Crippen LogP contribution in [0.25, 0.3) is 5.69 Å². The van der Waals surface area contributed by atoms with Gasteiger partial charge in [0.1, 0.15) is 11.5 Å². The molecule has 0 spiro atoms. The number of hydrogen-bond donors (Lipinski definition) is 0.